The highest BCUT2D eigenvalue weighted by atomic mass is 35.5. The zero-order valence-electron chi connectivity index (χ0n) is 10.1. The van der Waals surface area contributed by atoms with E-state index in [4.69, 9.17) is 23.2 Å². The molecule has 0 amide bonds. The number of anilines is 1. The van der Waals surface area contributed by atoms with Crippen molar-refractivity contribution < 1.29 is 4.39 Å². The highest BCUT2D eigenvalue weighted by Crippen LogP contribution is 2.42. The summed E-state index contributed by atoms with van der Waals surface area (Å²) in [4.78, 5) is 1.95. The van der Waals surface area contributed by atoms with Crippen LogP contribution in [0.25, 0.3) is 0 Å². The largest absolute Gasteiger partial charge is 0.366 e. The molecule has 1 nitrogen and oxygen atoms in total. The minimum atomic E-state index is -0.310. The Hall–Kier alpha value is -0.470. The van der Waals surface area contributed by atoms with Crippen molar-refractivity contribution in [2.24, 2.45) is 0 Å². The Morgan fingerprint density at radius 3 is 2.41 bits per heavy atom. The van der Waals surface area contributed by atoms with Crippen LogP contribution in [-0.2, 0) is 0 Å². The summed E-state index contributed by atoms with van der Waals surface area (Å²) in [6.45, 7) is 2.15. The normalized spacial score (nSPS) is 18.4. The van der Waals surface area contributed by atoms with Gasteiger partial charge in [0.15, 0.2) is 0 Å². The zero-order valence-corrected chi connectivity index (χ0v) is 11.6. The second-order valence-electron chi connectivity index (χ2n) is 4.95. The SMILES string of the molecule is CN(c1c(F)ccc(Cl)c1Cl)C1(C)CCCC1. The minimum absolute atomic E-state index is 0.0187. The third-order valence-electron chi connectivity index (χ3n) is 3.85. The van der Waals surface area contributed by atoms with E-state index in [9.17, 15) is 4.39 Å². The minimum Gasteiger partial charge on any atom is -0.366 e. The van der Waals surface area contributed by atoms with Crippen LogP contribution in [0.4, 0.5) is 10.1 Å². The van der Waals surface area contributed by atoms with E-state index in [1.165, 1.54) is 25.0 Å². The number of rotatable bonds is 2. The van der Waals surface area contributed by atoms with Gasteiger partial charge in [-0.25, -0.2) is 4.39 Å². The number of nitrogens with zero attached hydrogens (tertiary/aromatic N) is 1. The molecular weight excluding hydrogens is 260 g/mol. The van der Waals surface area contributed by atoms with Crippen LogP contribution in [0.3, 0.4) is 0 Å². The van der Waals surface area contributed by atoms with Crippen LogP contribution in [0.5, 0.6) is 0 Å². The van der Waals surface area contributed by atoms with Crippen molar-refractivity contribution >= 4 is 28.9 Å². The lowest BCUT2D eigenvalue weighted by atomic mass is 9.97. The fourth-order valence-electron chi connectivity index (χ4n) is 2.57. The van der Waals surface area contributed by atoms with Crippen LogP contribution >= 0.6 is 23.2 Å². The second-order valence-corrected chi connectivity index (χ2v) is 5.74. The van der Waals surface area contributed by atoms with Crippen molar-refractivity contribution in [2.75, 3.05) is 11.9 Å². The summed E-state index contributed by atoms with van der Waals surface area (Å²) in [6.07, 6.45) is 4.48. The second kappa shape index (κ2) is 4.66. The fraction of sp³-hybridized carbons (Fsp3) is 0.538. The van der Waals surface area contributed by atoms with Crippen molar-refractivity contribution in [3.63, 3.8) is 0 Å². The summed E-state index contributed by atoms with van der Waals surface area (Å²) < 4.78 is 13.9. The van der Waals surface area contributed by atoms with E-state index in [0.29, 0.717) is 15.7 Å². The van der Waals surface area contributed by atoms with E-state index < -0.39 is 0 Å². The predicted molar refractivity (Wildman–Crippen MR) is 71.7 cm³/mol. The van der Waals surface area contributed by atoms with E-state index in [-0.39, 0.29) is 11.4 Å². The number of benzene rings is 1. The van der Waals surface area contributed by atoms with Gasteiger partial charge in [-0.05, 0) is 31.9 Å². The van der Waals surface area contributed by atoms with Gasteiger partial charge >= 0.3 is 0 Å². The van der Waals surface area contributed by atoms with Crippen LogP contribution < -0.4 is 4.90 Å². The molecule has 1 aliphatic carbocycles. The molecule has 2 rings (SSSR count). The van der Waals surface area contributed by atoms with Crippen LogP contribution in [0.15, 0.2) is 12.1 Å². The molecular formula is C13H16Cl2FN. The maximum absolute atomic E-state index is 13.9. The lowest BCUT2D eigenvalue weighted by Gasteiger charge is -2.38. The Kier molecular flexibility index (Phi) is 3.55. The number of hydrogen-bond acceptors (Lipinski definition) is 1. The maximum Gasteiger partial charge on any atom is 0.148 e. The summed E-state index contributed by atoms with van der Waals surface area (Å²) >= 11 is 12.1. The first-order chi connectivity index (χ1) is 7.96. The maximum atomic E-state index is 13.9. The van der Waals surface area contributed by atoms with Gasteiger partial charge in [-0.2, -0.15) is 0 Å². The highest BCUT2D eigenvalue weighted by Gasteiger charge is 2.35. The molecule has 0 radical (unpaired) electrons. The summed E-state index contributed by atoms with van der Waals surface area (Å²) in [5, 5.41) is 0.707. The lowest BCUT2D eigenvalue weighted by Crippen LogP contribution is -2.42. The van der Waals surface area contributed by atoms with Gasteiger partial charge in [-0.15, -0.1) is 0 Å². The number of hydrogen-bond donors (Lipinski definition) is 0. The van der Waals surface area contributed by atoms with Crippen molar-refractivity contribution in [3.05, 3.63) is 28.0 Å². The van der Waals surface area contributed by atoms with Crippen LogP contribution in [0.1, 0.15) is 32.6 Å². The van der Waals surface area contributed by atoms with Gasteiger partial charge in [0.2, 0.25) is 0 Å². The Morgan fingerprint density at radius 2 is 1.82 bits per heavy atom. The standard InChI is InChI=1S/C13H16Cl2FN/c1-13(7-3-4-8-13)17(2)12-10(16)6-5-9(14)11(12)15/h5-6H,3-4,7-8H2,1-2H3. The first-order valence-corrected chi connectivity index (χ1v) is 6.59. The van der Waals surface area contributed by atoms with Crippen molar-refractivity contribution in [3.8, 4) is 0 Å². The molecule has 0 spiro atoms. The van der Waals surface area contributed by atoms with Gasteiger partial charge in [-0.1, -0.05) is 36.0 Å². The molecule has 0 aliphatic heterocycles. The van der Waals surface area contributed by atoms with Gasteiger partial charge in [0.1, 0.15) is 5.82 Å². The van der Waals surface area contributed by atoms with Crippen molar-refractivity contribution in [1.29, 1.82) is 0 Å². The summed E-state index contributed by atoms with van der Waals surface area (Å²) in [5.41, 5.74) is 0.401. The summed E-state index contributed by atoms with van der Waals surface area (Å²) in [5.74, 6) is -0.310. The van der Waals surface area contributed by atoms with E-state index in [0.717, 1.165) is 12.8 Å². The predicted octanol–water partition coefficient (Wildman–Crippen LogP) is 4.90. The van der Waals surface area contributed by atoms with Crippen LogP contribution in [0, 0.1) is 5.82 Å². The molecule has 0 bridgehead atoms. The molecule has 0 atom stereocenters. The molecule has 0 heterocycles. The monoisotopic (exact) mass is 275 g/mol. The fourth-order valence-corrected chi connectivity index (χ4v) is 3.00. The average Bonchev–Trinajstić information content (AvgIpc) is 2.72. The van der Waals surface area contributed by atoms with Gasteiger partial charge < -0.3 is 4.90 Å². The number of halogens is 3. The van der Waals surface area contributed by atoms with E-state index in [2.05, 4.69) is 6.92 Å². The smallest absolute Gasteiger partial charge is 0.148 e. The summed E-state index contributed by atoms with van der Waals surface area (Å²) in [7, 11) is 1.89. The van der Waals surface area contributed by atoms with E-state index in [1.807, 2.05) is 11.9 Å². The Morgan fingerprint density at radius 1 is 1.24 bits per heavy atom. The van der Waals surface area contributed by atoms with E-state index in [1.54, 1.807) is 0 Å². The molecule has 1 aromatic rings. The molecule has 0 aromatic heterocycles. The topological polar surface area (TPSA) is 3.24 Å². The highest BCUT2D eigenvalue weighted by molar-refractivity contribution is 6.43. The average molecular weight is 276 g/mol. The molecule has 94 valence electrons. The quantitative estimate of drug-likeness (QED) is 0.694. The third kappa shape index (κ3) is 2.25. The van der Waals surface area contributed by atoms with E-state index >= 15 is 0 Å². The summed E-state index contributed by atoms with van der Waals surface area (Å²) in [6, 6.07) is 2.87. The lowest BCUT2D eigenvalue weighted by molar-refractivity contribution is 0.450. The zero-order chi connectivity index (χ0) is 12.6. The molecule has 1 aliphatic rings. The van der Waals surface area contributed by atoms with Gasteiger partial charge in [0, 0.05) is 12.6 Å². The van der Waals surface area contributed by atoms with Gasteiger partial charge in [0.05, 0.1) is 15.7 Å². The molecule has 1 fully saturated rings. The molecule has 1 saturated carbocycles. The van der Waals surface area contributed by atoms with Crippen molar-refractivity contribution in [2.45, 2.75) is 38.1 Å². The van der Waals surface area contributed by atoms with Gasteiger partial charge in [0.25, 0.3) is 0 Å². The Bertz CT molecular complexity index is 428. The molecule has 0 saturated heterocycles. The Labute approximate surface area is 112 Å². The molecule has 4 heteroatoms. The molecule has 0 N–H and O–H groups in total. The first kappa shape index (κ1) is 13.0. The van der Waals surface area contributed by atoms with Crippen LogP contribution in [-0.4, -0.2) is 12.6 Å². The van der Waals surface area contributed by atoms with Crippen LogP contribution in [0.2, 0.25) is 10.0 Å². The molecule has 17 heavy (non-hydrogen) atoms. The van der Waals surface area contributed by atoms with Gasteiger partial charge in [-0.3, -0.25) is 0 Å². The first-order valence-electron chi connectivity index (χ1n) is 5.83. The molecule has 1 aromatic carbocycles. The molecule has 0 unspecified atom stereocenters. The Balaban J connectivity index is 2.43. The van der Waals surface area contributed by atoms with Crippen molar-refractivity contribution in [1.82, 2.24) is 0 Å². The third-order valence-corrected chi connectivity index (χ3v) is 4.64.